The van der Waals surface area contributed by atoms with Crippen molar-refractivity contribution in [1.82, 2.24) is 10.1 Å². The van der Waals surface area contributed by atoms with E-state index in [1.165, 1.54) is 6.07 Å². The van der Waals surface area contributed by atoms with Gasteiger partial charge in [-0.2, -0.15) is 0 Å². The second-order valence-corrected chi connectivity index (χ2v) is 6.08. The van der Waals surface area contributed by atoms with Gasteiger partial charge in [-0.3, -0.25) is 9.78 Å². The molecule has 0 amide bonds. The molecule has 2 heterocycles. The molecule has 3 aromatic rings. The van der Waals surface area contributed by atoms with Crippen LogP contribution in [-0.2, 0) is 0 Å². The molecule has 1 aromatic carbocycles. The molecule has 0 aliphatic carbocycles. The topological polar surface area (TPSA) is 119 Å². The molecule has 138 valence electrons. The number of hydrogen-bond acceptors (Lipinski definition) is 6. The van der Waals surface area contributed by atoms with Crippen molar-refractivity contribution in [1.29, 1.82) is 0 Å². The molecule has 27 heavy (non-hydrogen) atoms. The number of carbonyl (C=O) groups excluding carboxylic acids is 1. The number of ketones is 1. The average molecular weight is 365 g/mol. The van der Waals surface area contributed by atoms with Crippen molar-refractivity contribution >= 4 is 17.4 Å². The summed E-state index contributed by atoms with van der Waals surface area (Å²) in [6, 6.07) is 8.23. The molecule has 0 saturated carbocycles. The maximum atomic E-state index is 12.7. The van der Waals surface area contributed by atoms with Crippen molar-refractivity contribution in [3.8, 4) is 22.4 Å². The zero-order valence-corrected chi connectivity index (χ0v) is 14.8. The zero-order valence-electron chi connectivity index (χ0n) is 14.8. The van der Waals surface area contributed by atoms with E-state index in [-0.39, 0.29) is 29.2 Å². The van der Waals surface area contributed by atoms with E-state index in [0.29, 0.717) is 28.8 Å². The molecule has 0 spiro atoms. The number of aromatic carboxylic acids is 1. The molecule has 0 aliphatic rings. The lowest BCUT2D eigenvalue weighted by Gasteiger charge is -2.10. The number of nitrogens with zero attached hydrogens (tertiary/aromatic N) is 2. The molecule has 0 bridgehead atoms. The third-order valence-corrected chi connectivity index (χ3v) is 4.22. The molecule has 0 radical (unpaired) electrons. The summed E-state index contributed by atoms with van der Waals surface area (Å²) in [7, 11) is 0. The highest BCUT2D eigenvalue weighted by Gasteiger charge is 2.28. The largest absolute Gasteiger partial charge is 0.478 e. The smallest absolute Gasteiger partial charge is 0.338 e. The summed E-state index contributed by atoms with van der Waals surface area (Å²) in [6.07, 6.45) is 5.03. The van der Waals surface area contributed by atoms with Gasteiger partial charge in [-0.25, -0.2) is 4.79 Å². The minimum absolute atomic E-state index is 0.0374. The quantitative estimate of drug-likeness (QED) is 0.478. The van der Waals surface area contributed by atoms with Gasteiger partial charge in [-0.1, -0.05) is 30.6 Å². The van der Waals surface area contributed by atoms with Gasteiger partial charge in [-0.05, 0) is 24.6 Å². The summed E-state index contributed by atoms with van der Waals surface area (Å²) in [5.41, 5.74) is 7.50. The van der Waals surface area contributed by atoms with Gasteiger partial charge in [0, 0.05) is 35.6 Å². The summed E-state index contributed by atoms with van der Waals surface area (Å²) in [5.74, 6) is -1.38. The van der Waals surface area contributed by atoms with Crippen molar-refractivity contribution in [2.75, 3.05) is 5.73 Å². The Balaban J connectivity index is 2.27. The first-order valence-corrected chi connectivity index (χ1v) is 8.60. The van der Waals surface area contributed by atoms with E-state index in [1.54, 1.807) is 36.7 Å². The standard InChI is InChI=1S/C20H19N3O4/c1-2-3-9-15(24)19-17(13-7-4-8-14(21)16(13)20(25)26)18(23-27-19)12-6-5-10-22-11-12/h4-8,10-11H,2-3,9,21H2,1H3,(H,25,26). The van der Waals surface area contributed by atoms with Crippen LogP contribution in [0.3, 0.4) is 0 Å². The highest BCUT2D eigenvalue weighted by Crippen LogP contribution is 2.38. The molecule has 7 heteroatoms. The fourth-order valence-corrected chi connectivity index (χ4v) is 2.90. The summed E-state index contributed by atoms with van der Waals surface area (Å²) >= 11 is 0. The number of benzene rings is 1. The number of carboxylic acid groups (broad SMARTS) is 1. The number of pyridine rings is 1. The predicted octanol–water partition coefficient (Wildman–Crippen LogP) is 4.06. The van der Waals surface area contributed by atoms with E-state index < -0.39 is 5.97 Å². The maximum Gasteiger partial charge on any atom is 0.338 e. The van der Waals surface area contributed by atoms with E-state index in [1.807, 2.05) is 6.92 Å². The average Bonchev–Trinajstić information content (AvgIpc) is 3.11. The Hall–Kier alpha value is -3.48. The number of unbranched alkanes of at least 4 members (excludes halogenated alkanes) is 1. The van der Waals surface area contributed by atoms with Crippen LogP contribution < -0.4 is 5.73 Å². The van der Waals surface area contributed by atoms with Crippen molar-refractivity contribution in [2.24, 2.45) is 0 Å². The Morgan fingerprint density at radius 3 is 2.70 bits per heavy atom. The first-order chi connectivity index (χ1) is 13.0. The Labute approximate surface area is 155 Å². The highest BCUT2D eigenvalue weighted by atomic mass is 16.5. The van der Waals surface area contributed by atoms with Crippen molar-refractivity contribution < 1.29 is 19.2 Å². The molecule has 0 aliphatic heterocycles. The SMILES string of the molecule is CCCCC(=O)c1onc(-c2cccnc2)c1-c1cccc(N)c1C(=O)O. The van der Waals surface area contributed by atoms with E-state index >= 15 is 0 Å². The van der Waals surface area contributed by atoms with Gasteiger partial charge in [0.2, 0.25) is 11.5 Å². The third kappa shape index (κ3) is 3.57. The van der Waals surface area contributed by atoms with Gasteiger partial charge in [0.15, 0.2) is 0 Å². The normalized spacial score (nSPS) is 10.7. The number of Topliss-reactive ketones (excluding diaryl/α,β-unsaturated/α-hetero) is 1. The van der Waals surface area contributed by atoms with Gasteiger partial charge in [0.25, 0.3) is 0 Å². The second-order valence-electron chi connectivity index (χ2n) is 6.08. The Morgan fingerprint density at radius 2 is 2.04 bits per heavy atom. The number of anilines is 1. The van der Waals surface area contributed by atoms with Crippen LogP contribution in [0.15, 0.2) is 47.2 Å². The molecule has 0 unspecified atom stereocenters. The van der Waals surface area contributed by atoms with E-state index in [2.05, 4.69) is 10.1 Å². The lowest BCUT2D eigenvalue weighted by Crippen LogP contribution is -2.07. The Morgan fingerprint density at radius 1 is 1.22 bits per heavy atom. The molecule has 2 aromatic heterocycles. The van der Waals surface area contributed by atoms with E-state index in [9.17, 15) is 14.7 Å². The van der Waals surface area contributed by atoms with Crippen LogP contribution in [0, 0.1) is 0 Å². The summed E-state index contributed by atoms with van der Waals surface area (Å²) < 4.78 is 5.38. The molecule has 7 nitrogen and oxygen atoms in total. The number of nitrogens with two attached hydrogens (primary N) is 1. The maximum absolute atomic E-state index is 12.7. The monoisotopic (exact) mass is 365 g/mol. The minimum Gasteiger partial charge on any atom is -0.478 e. The molecular weight excluding hydrogens is 346 g/mol. The molecule has 3 rings (SSSR count). The van der Waals surface area contributed by atoms with E-state index in [0.717, 1.165) is 6.42 Å². The molecule has 0 fully saturated rings. The lowest BCUT2D eigenvalue weighted by atomic mass is 9.93. The van der Waals surface area contributed by atoms with Gasteiger partial charge in [0.05, 0.1) is 11.1 Å². The number of hydrogen-bond donors (Lipinski definition) is 2. The molecule has 0 saturated heterocycles. The van der Waals surface area contributed by atoms with Crippen LogP contribution in [0.2, 0.25) is 0 Å². The van der Waals surface area contributed by atoms with Crippen molar-refractivity contribution in [2.45, 2.75) is 26.2 Å². The number of rotatable bonds is 7. The van der Waals surface area contributed by atoms with Crippen molar-refractivity contribution in [3.05, 3.63) is 54.0 Å². The fraction of sp³-hybridized carbons (Fsp3) is 0.200. The van der Waals surface area contributed by atoms with Gasteiger partial charge in [0.1, 0.15) is 5.69 Å². The number of carbonyl (C=O) groups is 2. The van der Waals surface area contributed by atoms with Gasteiger partial charge < -0.3 is 15.4 Å². The van der Waals surface area contributed by atoms with Crippen LogP contribution in [0.4, 0.5) is 5.69 Å². The van der Waals surface area contributed by atoms with Crippen LogP contribution in [0.1, 0.15) is 47.1 Å². The summed E-state index contributed by atoms with van der Waals surface area (Å²) in [4.78, 5) is 28.6. The highest BCUT2D eigenvalue weighted by molar-refractivity contribution is 6.08. The summed E-state index contributed by atoms with van der Waals surface area (Å²) in [6.45, 7) is 1.98. The molecule has 3 N–H and O–H groups in total. The van der Waals surface area contributed by atoms with Gasteiger partial charge in [-0.15, -0.1) is 0 Å². The fourth-order valence-electron chi connectivity index (χ4n) is 2.90. The second kappa shape index (κ2) is 7.82. The number of aromatic nitrogens is 2. The van der Waals surface area contributed by atoms with E-state index in [4.69, 9.17) is 10.3 Å². The number of carboxylic acids is 1. The first-order valence-electron chi connectivity index (χ1n) is 8.60. The van der Waals surface area contributed by atoms with Crippen LogP contribution in [0.5, 0.6) is 0 Å². The van der Waals surface area contributed by atoms with Crippen LogP contribution in [0.25, 0.3) is 22.4 Å². The third-order valence-electron chi connectivity index (χ3n) is 4.22. The Kier molecular flexibility index (Phi) is 5.30. The molecular formula is C20H19N3O4. The first kappa shape index (κ1) is 18.3. The minimum atomic E-state index is -1.19. The predicted molar refractivity (Wildman–Crippen MR) is 100 cm³/mol. The van der Waals surface area contributed by atoms with Gasteiger partial charge >= 0.3 is 5.97 Å². The molecule has 0 atom stereocenters. The van der Waals surface area contributed by atoms with Crippen LogP contribution in [-0.4, -0.2) is 27.0 Å². The summed E-state index contributed by atoms with van der Waals surface area (Å²) in [5, 5.41) is 13.7. The van der Waals surface area contributed by atoms with Crippen LogP contribution >= 0.6 is 0 Å². The number of nitrogen functional groups attached to an aromatic ring is 1. The zero-order chi connectivity index (χ0) is 19.4. The lowest BCUT2D eigenvalue weighted by molar-refractivity contribution is 0.0698. The Bertz CT molecular complexity index is 980. The van der Waals surface area contributed by atoms with Crippen molar-refractivity contribution in [3.63, 3.8) is 0 Å².